The Morgan fingerprint density at radius 3 is 2.33 bits per heavy atom. The van der Waals surface area contributed by atoms with Gasteiger partial charge in [-0.2, -0.15) is 0 Å². The maximum atomic E-state index is 12.9. The highest BCUT2D eigenvalue weighted by molar-refractivity contribution is 5.70. The monoisotopic (exact) mass is 743 g/mol. The second-order valence-electron chi connectivity index (χ2n) is 14.9. The molecular formula is C37H61NO14. The number of nitrogens with zero attached hydrogens (tertiary/aromatic N) is 1. The van der Waals surface area contributed by atoms with Gasteiger partial charge in [0.15, 0.2) is 18.7 Å². The van der Waals surface area contributed by atoms with Gasteiger partial charge < -0.3 is 63.3 Å². The second-order valence-corrected chi connectivity index (χ2v) is 14.9. The van der Waals surface area contributed by atoms with Crippen LogP contribution in [0.2, 0.25) is 0 Å². The number of aliphatic hydroxyl groups excluding tert-OH is 3. The zero-order valence-corrected chi connectivity index (χ0v) is 31.9. The highest BCUT2D eigenvalue weighted by Gasteiger charge is 2.52. The maximum absolute atomic E-state index is 12.9. The summed E-state index contributed by atoms with van der Waals surface area (Å²) in [7, 11) is 4.84. The summed E-state index contributed by atoms with van der Waals surface area (Å²) in [5.41, 5.74) is -1.47. The van der Waals surface area contributed by atoms with E-state index in [1.807, 2.05) is 13.0 Å². The van der Waals surface area contributed by atoms with Gasteiger partial charge in [-0.1, -0.05) is 31.2 Å². The Labute approximate surface area is 307 Å². The van der Waals surface area contributed by atoms with Gasteiger partial charge in [-0.3, -0.25) is 9.59 Å². The molecule has 0 aromatic rings. The number of carbonyl (C=O) groups excluding carboxylic acids is 3. The zero-order chi connectivity index (χ0) is 38.9. The number of likely N-dealkylation sites (N-methyl/N-ethyl adjacent to an activating group) is 1. The second kappa shape index (κ2) is 19.9. The van der Waals surface area contributed by atoms with E-state index in [9.17, 15) is 34.8 Å². The number of aldehydes is 1. The Morgan fingerprint density at radius 1 is 1.04 bits per heavy atom. The lowest BCUT2D eigenvalue weighted by Crippen LogP contribution is -2.66. The predicted octanol–water partition coefficient (Wildman–Crippen LogP) is 1.42. The third-order valence-electron chi connectivity index (χ3n) is 10.1. The van der Waals surface area contributed by atoms with Crippen molar-refractivity contribution in [2.75, 3.05) is 21.2 Å². The molecule has 0 amide bonds. The van der Waals surface area contributed by atoms with Crippen LogP contribution in [-0.4, -0.2) is 150 Å². The van der Waals surface area contributed by atoms with Crippen molar-refractivity contribution in [2.24, 2.45) is 11.8 Å². The Kier molecular flexibility index (Phi) is 16.8. The summed E-state index contributed by atoms with van der Waals surface area (Å²) in [6, 6.07) is -0.749. The standard InChI is InChI=1S/C37H61NO14/c1-20-17-25(15-16-39)33(34(46-9)27(42)18-28(43)47-21(2)13-11-10-12-14-26(20)41)52-36-31(44)30(38(7)8)32(22(3)49-36)51-29-19-37(6,45)35(23(4)48-29)50-24(5)40/h10-12,14,16,20-23,25-27,29-36,41-42,44-45H,13,15,17-19H2,1-9H3/b11-10+,14-12+/t20-,21-,22-,23+,25+,26+,27-,29+,30-,31-,32-,33+,34+,35+,36+,37-/m1/s1. The van der Waals surface area contributed by atoms with Crippen molar-refractivity contribution in [3.63, 3.8) is 0 Å². The number of hydrogen-bond acceptors (Lipinski definition) is 15. The highest BCUT2D eigenvalue weighted by atomic mass is 16.7. The molecule has 2 saturated heterocycles. The molecule has 0 spiro atoms. The summed E-state index contributed by atoms with van der Waals surface area (Å²) in [5.74, 6) is -2.23. The Balaban J connectivity index is 1.93. The van der Waals surface area contributed by atoms with Crippen molar-refractivity contribution in [3.05, 3.63) is 24.3 Å². The molecule has 2 fully saturated rings. The topological polar surface area (TPSA) is 200 Å². The van der Waals surface area contributed by atoms with E-state index >= 15 is 0 Å². The lowest BCUT2D eigenvalue weighted by atomic mass is 9.82. The Bertz CT molecular complexity index is 1210. The number of aliphatic hydroxyl groups is 4. The minimum atomic E-state index is -1.47. The molecule has 0 bridgehead atoms. The van der Waals surface area contributed by atoms with Crippen LogP contribution in [0, 0.1) is 11.8 Å². The first-order valence-electron chi connectivity index (χ1n) is 18.1. The van der Waals surface area contributed by atoms with Crippen LogP contribution in [0.4, 0.5) is 0 Å². The molecule has 15 heteroatoms. The number of hydrogen-bond donors (Lipinski definition) is 4. The minimum Gasteiger partial charge on any atom is -0.462 e. The lowest BCUT2D eigenvalue weighted by Gasteiger charge is -2.50. The van der Waals surface area contributed by atoms with E-state index in [-0.39, 0.29) is 25.2 Å². The van der Waals surface area contributed by atoms with Crippen LogP contribution in [0.3, 0.4) is 0 Å². The molecule has 3 aliphatic heterocycles. The van der Waals surface area contributed by atoms with E-state index in [1.165, 1.54) is 21.0 Å². The first kappa shape index (κ1) is 44.1. The van der Waals surface area contributed by atoms with E-state index in [0.717, 1.165) is 0 Å². The summed E-state index contributed by atoms with van der Waals surface area (Å²) in [6.07, 6.45) is -4.09. The van der Waals surface area contributed by atoms with E-state index < -0.39 is 110 Å². The normalized spacial score (nSPS) is 44.0. The van der Waals surface area contributed by atoms with Gasteiger partial charge in [0.05, 0.1) is 43.0 Å². The summed E-state index contributed by atoms with van der Waals surface area (Å²) in [5, 5.41) is 45.4. The van der Waals surface area contributed by atoms with Crippen LogP contribution in [-0.2, 0) is 47.5 Å². The van der Waals surface area contributed by atoms with Gasteiger partial charge in [-0.15, -0.1) is 0 Å². The van der Waals surface area contributed by atoms with Gasteiger partial charge in [0, 0.05) is 33.3 Å². The van der Waals surface area contributed by atoms with Crippen molar-refractivity contribution in [3.8, 4) is 0 Å². The third-order valence-corrected chi connectivity index (χ3v) is 10.1. The quantitative estimate of drug-likeness (QED) is 0.195. The first-order chi connectivity index (χ1) is 24.4. The average molecular weight is 744 g/mol. The summed E-state index contributed by atoms with van der Waals surface area (Å²) >= 11 is 0. The molecule has 0 aromatic heterocycles. The van der Waals surface area contributed by atoms with Gasteiger partial charge in [-0.05, 0) is 60.0 Å². The SMILES string of the molecule is CO[C@@H]1[C@@H](O[C@@H]2O[C@H](C)[C@@H](O[C@H]3C[C@@](C)(O)[C@@H](OC(C)=O)[C@H](C)O3)[C@H](N(C)C)[C@H]2O)[C@@H](CC=O)C[C@@H](C)[C@@H](O)/C=C/C=C/C[C@@H](C)OC(=O)C[C@H]1O. The van der Waals surface area contributed by atoms with Crippen LogP contribution in [0.1, 0.15) is 73.6 Å². The molecule has 0 saturated carbocycles. The Hall–Kier alpha value is -2.31. The summed E-state index contributed by atoms with van der Waals surface area (Å²) < 4.78 is 41.8. The van der Waals surface area contributed by atoms with Gasteiger partial charge in [0.25, 0.3) is 0 Å². The number of ether oxygens (including phenoxy) is 7. The first-order valence-corrected chi connectivity index (χ1v) is 18.1. The molecule has 15 nitrogen and oxygen atoms in total. The highest BCUT2D eigenvalue weighted by Crippen LogP contribution is 2.37. The summed E-state index contributed by atoms with van der Waals surface area (Å²) in [4.78, 5) is 38.4. The smallest absolute Gasteiger partial charge is 0.308 e. The molecule has 52 heavy (non-hydrogen) atoms. The van der Waals surface area contributed by atoms with Crippen molar-refractivity contribution < 1.29 is 68.0 Å². The zero-order valence-electron chi connectivity index (χ0n) is 31.9. The van der Waals surface area contributed by atoms with Gasteiger partial charge in [-0.25, -0.2) is 0 Å². The lowest BCUT2D eigenvalue weighted by molar-refractivity contribution is -0.344. The van der Waals surface area contributed by atoms with Crippen LogP contribution in [0.5, 0.6) is 0 Å². The molecular weight excluding hydrogens is 682 g/mol. The van der Waals surface area contributed by atoms with E-state index in [0.29, 0.717) is 12.7 Å². The molecule has 0 radical (unpaired) electrons. The maximum Gasteiger partial charge on any atom is 0.308 e. The molecule has 298 valence electrons. The Morgan fingerprint density at radius 2 is 1.73 bits per heavy atom. The fraction of sp³-hybridized carbons (Fsp3) is 0.811. The molecule has 4 N–H and O–H groups in total. The number of carbonyl (C=O) groups is 3. The summed E-state index contributed by atoms with van der Waals surface area (Å²) in [6.45, 7) is 9.74. The van der Waals surface area contributed by atoms with E-state index in [4.69, 9.17) is 33.2 Å². The van der Waals surface area contributed by atoms with Gasteiger partial charge in [0.2, 0.25) is 0 Å². The molecule has 3 rings (SSSR count). The molecule has 16 atom stereocenters. The van der Waals surface area contributed by atoms with Crippen molar-refractivity contribution in [1.29, 1.82) is 0 Å². The van der Waals surface area contributed by atoms with Gasteiger partial charge in [0.1, 0.15) is 36.3 Å². The average Bonchev–Trinajstić information content (AvgIpc) is 3.03. The number of esters is 2. The number of allylic oxidation sites excluding steroid dienone is 2. The molecule has 0 aromatic carbocycles. The largest absolute Gasteiger partial charge is 0.462 e. The van der Waals surface area contributed by atoms with Gasteiger partial charge >= 0.3 is 11.9 Å². The number of cyclic esters (lactones) is 1. The predicted molar refractivity (Wildman–Crippen MR) is 187 cm³/mol. The van der Waals surface area contributed by atoms with Crippen LogP contribution < -0.4 is 0 Å². The van der Waals surface area contributed by atoms with Crippen molar-refractivity contribution in [2.45, 2.75) is 159 Å². The molecule has 0 unspecified atom stereocenters. The molecule has 3 heterocycles. The van der Waals surface area contributed by atoms with Crippen molar-refractivity contribution >= 4 is 18.2 Å². The fourth-order valence-corrected chi connectivity index (χ4v) is 7.43. The number of rotatable bonds is 9. The third kappa shape index (κ3) is 11.8. The van der Waals surface area contributed by atoms with E-state index in [1.54, 1.807) is 58.0 Å². The fourth-order valence-electron chi connectivity index (χ4n) is 7.43. The van der Waals surface area contributed by atoms with Crippen LogP contribution in [0.25, 0.3) is 0 Å². The minimum absolute atomic E-state index is 0.0335. The number of methoxy groups -OCH3 is 1. The van der Waals surface area contributed by atoms with Crippen LogP contribution >= 0.6 is 0 Å². The van der Waals surface area contributed by atoms with E-state index in [2.05, 4.69) is 0 Å². The van der Waals surface area contributed by atoms with Crippen molar-refractivity contribution in [1.82, 2.24) is 4.90 Å². The molecule has 0 aliphatic carbocycles. The van der Waals surface area contributed by atoms with Crippen LogP contribution in [0.15, 0.2) is 24.3 Å². The molecule has 3 aliphatic rings.